The molecule has 0 spiro atoms. The molecule has 13 aromatic rings. The number of rotatable bonds is 7. The highest BCUT2D eigenvalue weighted by molar-refractivity contribution is 6.24. The Hall–Kier alpha value is -9.40. The van der Waals surface area contributed by atoms with Crippen LogP contribution in [0.15, 0.2) is 218 Å². The maximum atomic E-state index is 5.50. The molecule has 0 bridgehead atoms. The summed E-state index contributed by atoms with van der Waals surface area (Å²) in [5.74, 6) is 3.51. The zero-order valence-electron chi connectivity index (χ0n) is 38.9. The molecule has 9 aromatic carbocycles. The van der Waals surface area contributed by atoms with Gasteiger partial charge in [-0.1, -0.05) is 208 Å². The number of hydrogen-bond donors (Lipinski definition) is 0. The molecule has 4 aromatic heterocycles. The third kappa shape index (κ3) is 6.31. The summed E-state index contributed by atoms with van der Waals surface area (Å²) < 4.78 is 4.62. The van der Waals surface area contributed by atoms with Crippen molar-refractivity contribution >= 4 is 43.6 Å². The third-order valence-electron chi connectivity index (χ3n) is 14.3. The van der Waals surface area contributed by atoms with Gasteiger partial charge in [-0.05, 0) is 46.5 Å². The smallest absolute Gasteiger partial charge is 0.238 e. The first-order valence-corrected chi connectivity index (χ1v) is 24.0. The Morgan fingerprint density at radius 1 is 0.310 bits per heavy atom. The largest absolute Gasteiger partial charge is 0.306 e. The van der Waals surface area contributed by atoms with Crippen LogP contribution in [0, 0.1) is 0 Å². The summed E-state index contributed by atoms with van der Waals surface area (Å²) in [7, 11) is 0. The number of aromatic nitrogens is 8. The van der Waals surface area contributed by atoms with Gasteiger partial charge in [0, 0.05) is 54.8 Å². The van der Waals surface area contributed by atoms with Crippen molar-refractivity contribution in [3.05, 3.63) is 230 Å². The zero-order valence-corrected chi connectivity index (χ0v) is 38.9. The number of nitrogens with zero attached hydrogens (tertiary/aromatic N) is 8. The Labute approximate surface area is 409 Å². The van der Waals surface area contributed by atoms with Gasteiger partial charge in [0.2, 0.25) is 5.95 Å². The molecule has 1 aliphatic rings. The second-order valence-corrected chi connectivity index (χ2v) is 18.7. The number of benzene rings is 9. The standard InChI is InChI=1S/C63H42N8/c1-63(2)49-32-16-12-29-46(49)54-48(31-20-33-50(54)63)61-66-57(39-21-6-3-7-22-39)65-60(67-61)47-30-15-19-36-53(47)70-51-34-17-13-27-42(51)44-37-38-45-43-28-14-18-35-52(43)71(56(45)55(44)70)62-68-58(40-23-8-4-9-24-40)64-59(69-62)41-25-10-5-11-26-41/h3-38H,1-2H3. The van der Waals surface area contributed by atoms with Gasteiger partial charge in [-0.3, -0.25) is 4.57 Å². The van der Waals surface area contributed by atoms with Crippen molar-refractivity contribution in [1.29, 1.82) is 0 Å². The van der Waals surface area contributed by atoms with Crippen LogP contribution in [-0.4, -0.2) is 39.0 Å². The lowest BCUT2D eigenvalue weighted by Gasteiger charge is -2.21. The normalized spacial score (nSPS) is 12.8. The van der Waals surface area contributed by atoms with Gasteiger partial charge in [0.1, 0.15) is 0 Å². The van der Waals surface area contributed by atoms with Crippen LogP contribution in [0.5, 0.6) is 0 Å². The quantitative estimate of drug-likeness (QED) is 0.158. The predicted molar refractivity (Wildman–Crippen MR) is 287 cm³/mol. The van der Waals surface area contributed by atoms with E-state index in [0.717, 1.165) is 77.1 Å². The fourth-order valence-electron chi connectivity index (χ4n) is 11.0. The molecule has 0 N–H and O–H groups in total. The van der Waals surface area contributed by atoms with Crippen LogP contribution in [-0.2, 0) is 5.41 Å². The highest BCUT2D eigenvalue weighted by Crippen LogP contribution is 2.52. The van der Waals surface area contributed by atoms with Crippen molar-refractivity contribution in [3.63, 3.8) is 0 Å². The molecule has 0 aliphatic heterocycles. The van der Waals surface area contributed by atoms with Gasteiger partial charge in [-0.15, -0.1) is 0 Å². The molecule has 0 atom stereocenters. The van der Waals surface area contributed by atoms with E-state index in [4.69, 9.17) is 29.9 Å². The van der Waals surface area contributed by atoms with Crippen LogP contribution in [0.2, 0.25) is 0 Å². The van der Waals surface area contributed by atoms with Gasteiger partial charge >= 0.3 is 0 Å². The number of para-hydroxylation sites is 3. The molecule has 14 rings (SSSR count). The molecule has 8 heteroatoms. The summed E-state index contributed by atoms with van der Waals surface area (Å²) >= 11 is 0. The molecule has 0 radical (unpaired) electrons. The summed E-state index contributed by atoms with van der Waals surface area (Å²) in [5, 5.41) is 4.37. The first kappa shape index (κ1) is 40.6. The minimum Gasteiger partial charge on any atom is -0.306 e. The van der Waals surface area contributed by atoms with Gasteiger partial charge < -0.3 is 4.57 Å². The van der Waals surface area contributed by atoms with Crippen LogP contribution in [0.25, 0.3) is 123 Å². The van der Waals surface area contributed by atoms with Gasteiger partial charge in [0.05, 0.1) is 27.8 Å². The Bertz CT molecular complexity index is 4190. The number of fused-ring (bicyclic) bond motifs is 10. The Balaban J connectivity index is 1.07. The summed E-state index contributed by atoms with van der Waals surface area (Å²) in [4.78, 5) is 31.9. The van der Waals surface area contributed by atoms with E-state index in [9.17, 15) is 0 Å². The van der Waals surface area contributed by atoms with Gasteiger partial charge in [0.15, 0.2) is 29.1 Å². The lowest BCUT2D eigenvalue weighted by molar-refractivity contribution is 0.660. The van der Waals surface area contributed by atoms with E-state index in [1.165, 1.54) is 22.3 Å². The van der Waals surface area contributed by atoms with E-state index in [1.807, 2.05) is 78.9 Å². The van der Waals surface area contributed by atoms with Crippen molar-refractivity contribution < 1.29 is 0 Å². The predicted octanol–water partition coefficient (Wildman–Crippen LogP) is 14.9. The Morgan fingerprint density at radius 2 is 0.732 bits per heavy atom. The first-order chi connectivity index (χ1) is 35.0. The molecule has 334 valence electrons. The average molecular weight is 911 g/mol. The molecule has 0 amide bonds. The molecule has 0 unspecified atom stereocenters. The second-order valence-electron chi connectivity index (χ2n) is 18.7. The van der Waals surface area contributed by atoms with Gasteiger partial charge in [-0.2, -0.15) is 9.97 Å². The zero-order chi connectivity index (χ0) is 47.2. The highest BCUT2D eigenvalue weighted by Gasteiger charge is 2.37. The topological polar surface area (TPSA) is 87.2 Å². The fourth-order valence-corrected chi connectivity index (χ4v) is 11.0. The molecule has 0 saturated heterocycles. The molecule has 8 nitrogen and oxygen atoms in total. The summed E-state index contributed by atoms with van der Waals surface area (Å²) in [6.45, 7) is 4.61. The van der Waals surface area contributed by atoms with E-state index in [0.29, 0.717) is 35.1 Å². The Kier molecular flexibility index (Phi) is 9.06. The van der Waals surface area contributed by atoms with Crippen molar-refractivity contribution in [2.24, 2.45) is 0 Å². The average Bonchev–Trinajstić information content (AvgIpc) is 4.05. The van der Waals surface area contributed by atoms with Crippen LogP contribution in [0.3, 0.4) is 0 Å². The Morgan fingerprint density at radius 3 is 1.35 bits per heavy atom. The van der Waals surface area contributed by atoms with Crippen molar-refractivity contribution in [1.82, 2.24) is 39.0 Å². The van der Waals surface area contributed by atoms with Crippen molar-refractivity contribution in [2.75, 3.05) is 0 Å². The minimum absolute atomic E-state index is 0.190. The van der Waals surface area contributed by atoms with Gasteiger partial charge in [-0.25, -0.2) is 19.9 Å². The minimum atomic E-state index is -0.190. The molecule has 4 heterocycles. The lowest BCUT2D eigenvalue weighted by Crippen LogP contribution is -2.14. The lowest BCUT2D eigenvalue weighted by atomic mass is 9.82. The number of hydrogen-bond acceptors (Lipinski definition) is 6. The van der Waals surface area contributed by atoms with E-state index in [-0.39, 0.29) is 5.41 Å². The maximum absolute atomic E-state index is 5.50. The first-order valence-electron chi connectivity index (χ1n) is 24.0. The van der Waals surface area contributed by atoms with Crippen molar-refractivity contribution in [2.45, 2.75) is 19.3 Å². The maximum Gasteiger partial charge on any atom is 0.238 e. The SMILES string of the molecule is CC1(C)c2ccccc2-c2c(-c3nc(-c4ccccc4)nc(-c4ccccc4-n4c5ccccc5c5ccc6c7ccccc7n(-c7nc(-c8ccccc8)nc(-c8ccccc8)n7)c6c54)n3)cccc21. The second kappa shape index (κ2) is 15.8. The van der Waals surface area contributed by atoms with Gasteiger partial charge in [0.25, 0.3) is 0 Å². The molecular formula is C63H42N8. The van der Waals surface area contributed by atoms with Crippen LogP contribution < -0.4 is 0 Å². The summed E-state index contributed by atoms with van der Waals surface area (Å²) in [5.41, 5.74) is 14.2. The van der Waals surface area contributed by atoms with Crippen LogP contribution >= 0.6 is 0 Å². The summed E-state index contributed by atoms with van der Waals surface area (Å²) in [6.07, 6.45) is 0. The molecule has 1 aliphatic carbocycles. The summed E-state index contributed by atoms with van der Waals surface area (Å²) in [6, 6.07) is 76.0. The fraction of sp³-hybridized carbons (Fsp3) is 0.0476. The van der Waals surface area contributed by atoms with E-state index >= 15 is 0 Å². The molecule has 71 heavy (non-hydrogen) atoms. The molecular weight excluding hydrogens is 869 g/mol. The highest BCUT2D eigenvalue weighted by atomic mass is 15.2. The van der Waals surface area contributed by atoms with Crippen molar-refractivity contribution in [3.8, 4) is 79.7 Å². The molecule has 0 saturated carbocycles. The van der Waals surface area contributed by atoms with E-state index in [2.05, 4.69) is 163 Å². The van der Waals surface area contributed by atoms with E-state index < -0.39 is 0 Å². The molecule has 0 fully saturated rings. The monoisotopic (exact) mass is 910 g/mol. The van der Waals surface area contributed by atoms with Crippen LogP contribution in [0.4, 0.5) is 0 Å². The van der Waals surface area contributed by atoms with Crippen LogP contribution in [0.1, 0.15) is 25.0 Å². The third-order valence-corrected chi connectivity index (χ3v) is 14.3. The van der Waals surface area contributed by atoms with E-state index in [1.54, 1.807) is 0 Å².